The van der Waals surface area contributed by atoms with Crippen LogP contribution in [0.5, 0.6) is 11.5 Å². The predicted molar refractivity (Wildman–Crippen MR) is 127 cm³/mol. The van der Waals surface area contributed by atoms with E-state index in [1.165, 1.54) is 0 Å². The highest BCUT2D eigenvalue weighted by Gasteiger charge is 2.49. The number of ether oxygens (including phenoxy) is 2. The minimum atomic E-state index is -0.665. The Morgan fingerprint density at radius 1 is 1.12 bits per heavy atom. The summed E-state index contributed by atoms with van der Waals surface area (Å²) in [6.45, 7) is 4.15. The Kier molecular flexibility index (Phi) is 6.46. The molecule has 2 aromatic rings. The van der Waals surface area contributed by atoms with Gasteiger partial charge in [-0.25, -0.2) is 0 Å². The van der Waals surface area contributed by atoms with E-state index in [2.05, 4.69) is 28.9 Å². The lowest BCUT2D eigenvalue weighted by molar-refractivity contribution is -0.0606. The Morgan fingerprint density at radius 2 is 1.88 bits per heavy atom. The highest BCUT2D eigenvalue weighted by atomic mass is 16.7. The summed E-state index contributed by atoms with van der Waals surface area (Å²) in [7, 11) is 0. The summed E-state index contributed by atoms with van der Waals surface area (Å²) in [6.07, 6.45) is 1.25. The molecular weight excluding hydrogens is 432 g/mol. The molecule has 7 nitrogen and oxygen atoms in total. The number of carbonyl (C=O) groups is 1. The van der Waals surface area contributed by atoms with Gasteiger partial charge in [-0.15, -0.1) is 0 Å². The van der Waals surface area contributed by atoms with E-state index in [4.69, 9.17) is 9.47 Å². The monoisotopic (exact) mass is 462 g/mol. The Labute approximate surface area is 199 Å². The van der Waals surface area contributed by atoms with Crippen molar-refractivity contribution < 1.29 is 24.5 Å². The van der Waals surface area contributed by atoms with Crippen LogP contribution in [0.2, 0.25) is 0 Å². The molecule has 0 saturated carbocycles. The number of amides is 1. The second kappa shape index (κ2) is 9.67. The van der Waals surface area contributed by atoms with Crippen molar-refractivity contribution in [1.29, 1.82) is 0 Å². The SMILES string of the molecule is C[C@@H](O)C#Cc1ccc([C@@H]2[C@H]3CN(C(=O)c4ccc5c(c4)OCO5)CCCCN3[C@H]2CO)cc1. The summed E-state index contributed by atoms with van der Waals surface area (Å²) < 4.78 is 10.8. The molecule has 2 fully saturated rings. The van der Waals surface area contributed by atoms with E-state index >= 15 is 0 Å². The Bertz CT molecular complexity index is 1100. The maximum absolute atomic E-state index is 13.4. The number of hydrogen-bond acceptors (Lipinski definition) is 6. The zero-order chi connectivity index (χ0) is 23.7. The molecule has 5 rings (SSSR count). The number of benzene rings is 2. The van der Waals surface area contributed by atoms with Crippen molar-refractivity contribution in [2.24, 2.45) is 0 Å². The number of rotatable bonds is 3. The van der Waals surface area contributed by atoms with Crippen LogP contribution >= 0.6 is 0 Å². The van der Waals surface area contributed by atoms with Crippen molar-refractivity contribution in [3.8, 4) is 23.3 Å². The molecule has 2 N–H and O–H groups in total. The van der Waals surface area contributed by atoms with Crippen LogP contribution in [0.15, 0.2) is 42.5 Å². The van der Waals surface area contributed by atoms with Crippen LogP contribution in [0, 0.1) is 11.8 Å². The first-order valence-corrected chi connectivity index (χ1v) is 11.9. The Hall–Kier alpha value is -3.05. The molecule has 0 aromatic heterocycles. The van der Waals surface area contributed by atoms with Crippen LogP contribution < -0.4 is 9.47 Å². The van der Waals surface area contributed by atoms with Gasteiger partial charge in [0.2, 0.25) is 6.79 Å². The maximum Gasteiger partial charge on any atom is 0.254 e. The normalized spacial score (nSPS) is 24.7. The van der Waals surface area contributed by atoms with E-state index in [0.717, 1.165) is 30.5 Å². The van der Waals surface area contributed by atoms with Gasteiger partial charge in [0.05, 0.1) is 6.61 Å². The van der Waals surface area contributed by atoms with Crippen molar-refractivity contribution in [3.63, 3.8) is 0 Å². The second-order valence-corrected chi connectivity index (χ2v) is 9.17. The standard InChI is InChI=1S/C27H30N2O5/c1-18(31)4-5-19-6-8-20(9-7-19)26-22-15-28(12-2-3-13-29(22)23(26)16-30)27(32)21-10-11-24-25(14-21)34-17-33-24/h6-11,14,18,22-23,26,30-31H,2-3,12-13,15-17H2,1H3/t18-,22-,23+,26-/m1/s1. The molecule has 2 saturated heterocycles. The number of fused-ring (bicyclic) bond motifs is 2. The Balaban J connectivity index is 1.37. The topological polar surface area (TPSA) is 82.5 Å². The molecular formula is C27H30N2O5. The molecule has 1 amide bonds. The highest BCUT2D eigenvalue weighted by molar-refractivity contribution is 5.95. The van der Waals surface area contributed by atoms with Gasteiger partial charge in [-0.2, -0.15) is 0 Å². The van der Waals surface area contributed by atoms with Gasteiger partial charge < -0.3 is 24.6 Å². The zero-order valence-corrected chi connectivity index (χ0v) is 19.3. The summed E-state index contributed by atoms with van der Waals surface area (Å²) in [5.74, 6) is 7.15. The van der Waals surface area contributed by atoms with Gasteiger partial charge in [-0.05, 0) is 62.2 Å². The minimum absolute atomic E-state index is 0.00454. The van der Waals surface area contributed by atoms with Crippen molar-refractivity contribution in [3.05, 3.63) is 59.2 Å². The van der Waals surface area contributed by atoms with Gasteiger partial charge in [-0.1, -0.05) is 24.0 Å². The zero-order valence-electron chi connectivity index (χ0n) is 19.3. The smallest absolute Gasteiger partial charge is 0.254 e. The molecule has 7 heteroatoms. The van der Waals surface area contributed by atoms with Gasteiger partial charge >= 0.3 is 0 Å². The number of aliphatic hydroxyl groups excluding tert-OH is 2. The molecule has 0 radical (unpaired) electrons. The van der Waals surface area contributed by atoms with Gasteiger partial charge in [0, 0.05) is 42.2 Å². The largest absolute Gasteiger partial charge is 0.454 e. The molecule has 0 spiro atoms. The highest BCUT2D eigenvalue weighted by Crippen LogP contribution is 2.42. The molecule has 3 aliphatic rings. The van der Waals surface area contributed by atoms with Gasteiger partial charge in [-0.3, -0.25) is 9.69 Å². The first-order valence-electron chi connectivity index (χ1n) is 11.9. The van der Waals surface area contributed by atoms with Gasteiger partial charge in [0.15, 0.2) is 11.5 Å². The van der Waals surface area contributed by atoms with E-state index in [1.807, 2.05) is 17.0 Å². The first-order chi connectivity index (χ1) is 16.5. The fraction of sp³-hybridized carbons (Fsp3) is 0.444. The van der Waals surface area contributed by atoms with Gasteiger partial charge in [0.25, 0.3) is 5.91 Å². The molecule has 34 heavy (non-hydrogen) atoms. The van der Waals surface area contributed by atoms with Crippen LogP contribution in [0.25, 0.3) is 0 Å². The van der Waals surface area contributed by atoms with E-state index in [1.54, 1.807) is 25.1 Å². The third kappa shape index (κ3) is 4.37. The maximum atomic E-state index is 13.4. The quantitative estimate of drug-likeness (QED) is 0.681. The van der Waals surface area contributed by atoms with E-state index in [9.17, 15) is 15.0 Å². The number of hydrogen-bond donors (Lipinski definition) is 2. The molecule has 4 atom stereocenters. The van der Waals surface area contributed by atoms with Crippen LogP contribution in [-0.4, -0.2) is 77.1 Å². The lowest BCUT2D eigenvalue weighted by Gasteiger charge is -2.57. The molecule has 3 aliphatic heterocycles. The van der Waals surface area contributed by atoms with E-state index in [0.29, 0.717) is 30.2 Å². The Morgan fingerprint density at radius 3 is 2.65 bits per heavy atom. The summed E-state index contributed by atoms with van der Waals surface area (Å²) in [5.41, 5.74) is 2.59. The molecule has 178 valence electrons. The molecule has 0 unspecified atom stereocenters. The summed E-state index contributed by atoms with van der Waals surface area (Å²) in [5, 5.41) is 19.6. The second-order valence-electron chi connectivity index (χ2n) is 9.17. The van der Waals surface area contributed by atoms with Gasteiger partial charge in [0.1, 0.15) is 6.10 Å². The van der Waals surface area contributed by atoms with Crippen molar-refractivity contribution in [2.45, 2.75) is 43.9 Å². The number of carbonyl (C=O) groups excluding carboxylic acids is 1. The average molecular weight is 463 g/mol. The lowest BCUT2D eigenvalue weighted by Crippen LogP contribution is -2.67. The minimum Gasteiger partial charge on any atom is -0.454 e. The third-order valence-corrected chi connectivity index (χ3v) is 7.00. The fourth-order valence-corrected chi connectivity index (χ4v) is 5.31. The summed E-state index contributed by atoms with van der Waals surface area (Å²) in [6, 6.07) is 13.6. The van der Waals surface area contributed by atoms with E-state index in [-0.39, 0.29) is 37.3 Å². The van der Waals surface area contributed by atoms with E-state index < -0.39 is 6.10 Å². The van der Waals surface area contributed by atoms with Crippen LogP contribution in [0.3, 0.4) is 0 Å². The van der Waals surface area contributed by atoms with Crippen molar-refractivity contribution in [1.82, 2.24) is 9.80 Å². The predicted octanol–water partition coefficient (Wildman–Crippen LogP) is 2.21. The summed E-state index contributed by atoms with van der Waals surface area (Å²) >= 11 is 0. The molecule has 2 aromatic carbocycles. The molecule has 0 bridgehead atoms. The third-order valence-electron chi connectivity index (χ3n) is 7.00. The van der Waals surface area contributed by atoms with Crippen molar-refractivity contribution in [2.75, 3.05) is 33.0 Å². The lowest BCUT2D eigenvalue weighted by atomic mass is 9.74. The average Bonchev–Trinajstić information content (AvgIpc) is 3.30. The molecule has 3 heterocycles. The van der Waals surface area contributed by atoms with Crippen LogP contribution in [-0.2, 0) is 0 Å². The number of aliphatic hydroxyl groups is 2. The van der Waals surface area contributed by atoms with Crippen LogP contribution in [0.4, 0.5) is 0 Å². The summed E-state index contributed by atoms with van der Waals surface area (Å²) in [4.78, 5) is 17.7. The van der Waals surface area contributed by atoms with Crippen LogP contribution in [0.1, 0.15) is 47.2 Å². The molecule has 0 aliphatic carbocycles. The number of nitrogens with zero attached hydrogens (tertiary/aromatic N) is 2. The first kappa shape index (κ1) is 22.7. The van der Waals surface area contributed by atoms with Crippen molar-refractivity contribution >= 4 is 5.91 Å². The fourth-order valence-electron chi connectivity index (χ4n) is 5.31.